The van der Waals surface area contributed by atoms with Crippen molar-refractivity contribution in [3.05, 3.63) is 65.1 Å². The van der Waals surface area contributed by atoms with E-state index in [2.05, 4.69) is 20.6 Å². The van der Waals surface area contributed by atoms with Gasteiger partial charge in [-0.05, 0) is 55.6 Å². The maximum absolute atomic E-state index is 12.2. The molecule has 4 rings (SSSR count). The van der Waals surface area contributed by atoms with Gasteiger partial charge < -0.3 is 4.84 Å². The van der Waals surface area contributed by atoms with Gasteiger partial charge in [-0.25, -0.2) is 14.8 Å². The van der Waals surface area contributed by atoms with Gasteiger partial charge in [0.2, 0.25) is 0 Å². The maximum atomic E-state index is 12.2. The molecule has 2 aliphatic heterocycles. The summed E-state index contributed by atoms with van der Waals surface area (Å²) >= 11 is 0. The zero-order valence-electron chi connectivity index (χ0n) is 14.5. The number of aromatic nitrogens is 4. The molecule has 0 spiro atoms. The van der Waals surface area contributed by atoms with Gasteiger partial charge in [-0.3, -0.25) is 9.69 Å². The quantitative estimate of drug-likeness (QED) is 0.866. The first-order chi connectivity index (χ1) is 12.8. The van der Waals surface area contributed by atoms with Gasteiger partial charge in [0.25, 0.3) is 5.56 Å². The highest BCUT2D eigenvalue weighted by Gasteiger charge is 2.21. The van der Waals surface area contributed by atoms with Crippen LogP contribution in [0.4, 0.5) is 0 Å². The molecule has 1 N–H and O–H groups in total. The van der Waals surface area contributed by atoms with E-state index in [0.29, 0.717) is 18.3 Å². The Labute approximate surface area is 151 Å². The second kappa shape index (κ2) is 7.57. The third-order valence-electron chi connectivity index (χ3n) is 4.80. The standard InChI is InChI=1S/C18H22N6O2/c25-18-3-2-17(23-8-1-7-19-23)21-24(18)14-15-4-9-22(10-5-15)13-16-6-11-26-20-12-16/h1-3,6-8,11-12,15,20H,4-5,9-10,13-14H2. The molecule has 2 aliphatic rings. The summed E-state index contributed by atoms with van der Waals surface area (Å²) in [6, 6.07) is 5.11. The minimum absolute atomic E-state index is 0.0630. The molecule has 4 heterocycles. The van der Waals surface area contributed by atoms with E-state index >= 15 is 0 Å². The normalized spacial score (nSPS) is 18.2. The van der Waals surface area contributed by atoms with Gasteiger partial charge in [-0.1, -0.05) is 0 Å². The summed E-state index contributed by atoms with van der Waals surface area (Å²) < 4.78 is 3.24. The first-order valence-corrected chi connectivity index (χ1v) is 8.85. The summed E-state index contributed by atoms with van der Waals surface area (Å²) in [5.41, 5.74) is 3.90. The van der Waals surface area contributed by atoms with Crippen LogP contribution in [0.5, 0.6) is 0 Å². The summed E-state index contributed by atoms with van der Waals surface area (Å²) in [6.07, 6.45) is 11.2. The van der Waals surface area contributed by atoms with Crippen LogP contribution in [0.25, 0.3) is 5.82 Å². The molecule has 0 aromatic carbocycles. The highest BCUT2D eigenvalue weighted by molar-refractivity contribution is 5.20. The lowest BCUT2D eigenvalue weighted by atomic mass is 9.96. The largest absolute Gasteiger partial charge is 0.391 e. The number of hydrogen-bond donors (Lipinski definition) is 1. The average molecular weight is 354 g/mol. The SMILES string of the molecule is O=c1ccc(-n2cccn2)nn1CC1CCN(CC2=CNOC=C2)CC1. The molecule has 8 nitrogen and oxygen atoms in total. The van der Waals surface area contributed by atoms with Gasteiger partial charge >= 0.3 is 0 Å². The third-order valence-corrected chi connectivity index (χ3v) is 4.80. The van der Waals surface area contributed by atoms with Gasteiger partial charge in [0.05, 0.1) is 0 Å². The van der Waals surface area contributed by atoms with Crippen LogP contribution in [-0.4, -0.2) is 44.1 Å². The van der Waals surface area contributed by atoms with E-state index in [9.17, 15) is 4.79 Å². The van der Waals surface area contributed by atoms with Crippen molar-refractivity contribution in [2.45, 2.75) is 19.4 Å². The summed E-state index contributed by atoms with van der Waals surface area (Å²) in [7, 11) is 0. The van der Waals surface area contributed by atoms with Crippen LogP contribution in [0.3, 0.4) is 0 Å². The van der Waals surface area contributed by atoms with Crippen molar-refractivity contribution < 1.29 is 4.84 Å². The second-order valence-corrected chi connectivity index (χ2v) is 6.64. The number of hydrogen-bond acceptors (Lipinski definition) is 6. The van der Waals surface area contributed by atoms with E-state index in [4.69, 9.17) is 4.84 Å². The van der Waals surface area contributed by atoms with Gasteiger partial charge in [-0.15, -0.1) is 5.10 Å². The second-order valence-electron chi connectivity index (χ2n) is 6.64. The molecule has 0 saturated carbocycles. The molecule has 0 bridgehead atoms. The molecule has 8 heteroatoms. The molecule has 0 radical (unpaired) electrons. The first-order valence-electron chi connectivity index (χ1n) is 8.85. The van der Waals surface area contributed by atoms with Gasteiger partial charge in [-0.2, -0.15) is 5.10 Å². The van der Waals surface area contributed by atoms with E-state index < -0.39 is 0 Å². The van der Waals surface area contributed by atoms with Crippen LogP contribution in [-0.2, 0) is 11.4 Å². The molecular weight excluding hydrogens is 332 g/mol. The molecule has 0 aliphatic carbocycles. The average Bonchev–Trinajstić information content (AvgIpc) is 3.21. The topological polar surface area (TPSA) is 77.2 Å². The Hall–Kier alpha value is -2.87. The number of piperidine rings is 1. The lowest BCUT2D eigenvalue weighted by Gasteiger charge is -2.32. The number of rotatable bonds is 5. The molecule has 2 aromatic heterocycles. The summed E-state index contributed by atoms with van der Waals surface area (Å²) in [4.78, 5) is 19.5. The molecule has 136 valence electrons. The minimum Gasteiger partial charge on any atom is -0.391 e. The summed E-state index contributed by atoms with van der Waals surface area (Å²) in [6.45, 7) is 3.60. The molecule has 0 unspecified atom stereocenters. The number of nitrogens with zero attached hydrogens (tertiary/aromatic N) is 5. The van der Waals surface area contributed by atoms with Crippen LogP contribution in [0.15, 0.2) is 59.5 Å². The van der Waals surface area contributed by atoms with Crippen molar-refractivity contribution in [2.75, 3.05) is 19.6 Å². The van der Waals surface area contributed by atoms with Crippen molar-refractivity contribution in [3.63, 3.8) is 0 Å². The van der Waals surface area contributed by atoms with Crippen molar-refractivity contribution in [2.24, 2.45) is 5.92 Å². The van der Waals surface area contributed by atoms with Gasteiger partial charge in [0.1, 0.15) is 6.26 Å². The highest BCUT2D eigenvalue weighted by atomic mass is 16.6. The monoisotopic (exact) mass is 354 g/mol. The zero-order chi connectivity index (χ0) is 17.8. The van der Waals surface area contributed by atoms with Crippen molar-refractivity contribution in [1.82, 2.24) is 29.9 Å². The van der Waals surface area contributed by atoms with E-state index in [1.54, 1.807) is 34.0 Å². The molecule has 1 fully saturated rings. The highest BCUT2D eigenvalue weighted by Crippen LogP contribution is 2.19. The molecule has 2 aromatic rings. The Bertz CT molecular complexity index is 847. The molecule has 0 amide bonds. The summed E-state index contributed by atoms with van der Waals surface area (Å²) in [5, 5.41) is 8.65. The number of hydroxylamine groups is 1. The Morgan fingerprint density at radius 2 is 2.15 bits per heavy atom. The van der Waals surface area contributed by atoms with Crippen molar-refractivity contribution in [1.29, 1.82) is 0 Å². The van der Waals surface area contributed by atoms with Crippen LogP contribution in [0.2, 0.25) is 0 Å². The number of likely N-dealkylation sites (tertiary alicyclic amines) is 1. The van der Waals surface area contributed by atoms with Gasteiger partial charge in [0.15, 0.2) is 5.82 Å². The predicted molar refractivity (Wildman–Crippen MR) is 96.2 cm³/mol. The lowest BCUT2D eigenvalue weighted by molar-refractivity contribution is 0.162. The lowest BCUT2D eigenvalue weighted by Crippen LogP contribution is -2.38. The predicted octanol–water partition coefficient (Wildman–Crippen LogP) is 1.07. The third kappa shape index (κ3) is 3.85. The molecule has 26 heavy (non-hydrogen) atoms. The van der Waals surface area contributed by atoms with Crippen molar-refractivity contribution >= 4 is 0 Å². The van der Waals surface area contributed by atoms with Gasteiger partial charge in [0, 0.05) is 37.7 Å². The fourth-order valence-corrected chi connectivity index (χ4v) is 3.34. The number of nitrogens with one attached hydrogen (secondary N) is 1. The fourth-order valence-electron chi connectivity index (χ4n) is 3.34. The molecule has 1 saturated heterocycles. The Balaban J connectivity index is 1.35. The Kier molecular flexibility index (Phi) is 4.83. The Morgan fingerprint density at radius 3 is 2.88 bits per heavy atom. The smallest absolute Gasteiger partial charge is 0.266 e. The minimum atomic E-state index is -0.0630. The molecule has 0 atom stereocenters. The fraction of sp³-hybridized carbons (Fsp3) is 0.389. The van der Waals surface area contributed by atoms with Crippen LogP contribution in [0, 0.1) is 5.92 Å². The van der Waals surface area contributed by atoms with Crippen LogP contribution < -0.4 is 11.0 Å². The zero-order valence-corrected chi connectivity index (χ0v) is 14.5. The Morgan fingerprint density at radius 1 is 1.27 bits per heavy atom. The van der Waals surface area contributed by atoms with Crippen LogP contribution in [0.1, 0.15) is 12.8 Å². The van der Waals surface area contributed by atoms with E-state index in [1.807, 2.05) is 24.5 Å². The van der Waals surface area contributed by atoms with Crippen LogP contribution >= 0.6 is 0 Å². The van der Waals surface area contributed by atoms with Crippen molar-refractivity contribution in [3.8, 4) is 5.82 Å². The van der Waals surface area contributed by atoms with E-state index in [0.717, 1.165) is 32.5 Å². The first kappa shape index (κ1) is 16.6. The molecular formula is C18H22N6O2. The van der Waals surface area contributed by atoms with E-state index in [-0.39, 0.29) is 5.56 Å². The van der Waals surface area contributed by atoms with E-state index in [1.165, 1.54) is 5.57 Å². The maximum Gasteiger partial charge on any atom is 0.266 e. The summed E-state index contributed by atoms with van der Waals surface area (Å²) in [5.74, 6) is 1.12.